The lowest BCUT2D eigenvalue weighted by molar-refractivity contribution is -0.384. The van der Waals surface area contributed by atoms with Crippen LogP contribution in [-0.2, 0) is 6.54 Å². The van der Waals surface area contributed by atoms with Gasteiger partial charge in [-0.3, -0.25) is 10.1 Å². The molecular weight excluding hydrogens is 256 g/mol. The van der Waals surface area contributed by atoms with Gasteiger partial charge in [-0.2, -0.15) is 0 Å². The Bertz CT molecular complexity index is 628. The van der Waals surface area contributed by atoms with Crippen molar-refractivity contribution in [3.8, 4) is 0 Å². The lowest BCUT2D eigenvalue weighted by Crippen LogP contribution is -2.05. The summed E-state index contributed by atoms with van der Waals surface area (Å²) in [5, 5.41) is 16.8. The molecule has 0 aliphatic carbocycles. The second-order valence-electron chi connectivity index (χ2n) is 4.38. The molecule has 0 bridgehead atoms. The van der Waals surface area contributed by atoms with Crippen molar-refractivity contribution in [1.29, 1.82) is 0 Å². The van der Waals surface area contributed by atoms with E-state index >= 15 is 0 Å². The fraction of sp³-hybridized carbons (Fsp3) is 0.214. The summed E-state index contributed by atoms with van der Waals surface area (Å²) in [5.74, 6) is 0.943. The normalized spacial score (nSPS) is 10.1. The van der Waals surface area contributed by atoms with Gasteiger partial charge in [-0.15, -0.1) is 0 Å². The Morgan fingerprint density at radius 2 is 1.95 bits per heavy atom. The Balaban J connectivity index is 2.19. The monoisotopic (exact) mass is 272 g/mol. The zero-order valence-electron chi connectivity index (χ0n) is 11.4. The topological polar surface area (TPSA) is 80.1 Å². The van der Waals surface area contributed by atoms with Crippen LogP contribution < -0.4 is 10.6 Å². The second-order valence-corrected chi connectivity index (χ2v) is 4.38. The molecule has 0 spiro atoms. The third-order valence-electron chi connectivity index (χ3n) is 3.00. The minimum atomic E-state index is -0.429. The third-order valence-corrected chi connectivity index (χ3v) is 3.00. The van der Waals surface area contributed by atoms with Gasteiger partial charge in [0.05, 0.1) is 17.1 Å². The van der Waals surface area contributed by atoms with E-state index in [0.29, 0.717) is 18.2 Å². The molecule has 104 valence electrons. The molecule has 1 heterocycles. The molecule has 0 saturated heterocycles. The van der Waals surface area contributed by atoms with E-state index < -0.39 is 4.92 Å². The standard InChI is InChI=1S/C14H16N4O2/c1-10-5-3-4-6-11(10)9-16-14-8-12(18(19)20)7-13(15-2)17-14/h3-8H,9H2,1-2H3,(H2,15,16,17). The van der Waals surface area contributed by atoms with Crippen LogP contribution in [0.5, 0.6) is 0 Å². The zero-order valence-corrected chi connectivity index (χ0v) is 11.4. The van der Waals surface area contributed by atoms with E-state index in [0.717, 1.165) is 5.56 Å². The molecule has 0 aliphatic rings. The number of nitro groups is 1. The molecule has 1 aromatic carbocycles. The van der Waals surface area contributed by atoms with E-state index in [-0.39, 0.29) is 5.69 Å². The van der Waals surface area contributed by atoms with Crippen molar-refractivity contribution < 1.29 is 4.92 Å². The van der Waals surface area contributed by atoms with Crippen molar-refractivity contribution in [2.45, 2.75) is 13.5 Å². The molecule has 0 radical (unpaired) electrons. The van der Waals surface area contributed by atoms with Gasteiger partial charge in [0.1, 0.15) is 11.6 Å². The maximum absolute atomic E-state index is 10.9. The first kappa shape index (κ1) is 13.8. The molecule has 0 unspecified atom stereocenters. The minimum absolute atomic E-state index is 0.0108. The second kappa shape index (κ2) is 6.01. The number of aryl methyl sites for hydroxylation is 1. The van der Waals surface area contributed by atoms with E-state index in [1.165, 1.54) is 17.7 Å². The van der Waals surface area contributed by atoms with Crippen molar-refractivity contribution in [2.24, 2.45) is 0 Å². The SMILES string of the molecule is CNc1cc([N+](=O)[O-])cc(NCc2ccccc2C)n1. The Morgan fingerprint density at radius 3 is 2.60 bits per heavy atom. The summed E-state index contributed by atoms with van der Waals surface area (Å²) in [6, 6.07) is 10.8. The molecule has 0 atom stereocenters. The van der Waals surface area contributed by atoms with Crippen molar-refractivity contribution in [2.75, 3.05) is 17.7 Å². The first-order valence-electron chi connectivity index (χ1n) is 6.23. The predicted molar refractivity (Wildman–Crippen MR) is 78.9 cm³/mol. The molecule has 0 saturated carbocycles. The van der Waals surface area contributed by atoms with Crippen molar-refractivity contribution >= 4 is 17.3 Å². The average Bonchev–Trinajstić information content (AvgIpc) is 2.46. The minimum Gasteiger partial charge on any atom is -0.373 e. The molecule has 0 amide bonds. The zero-order chi connectivity index (χ0) is 14.5. The number of benzene rings is 1. The Kier molecular flexibility index (Phi) is 4.14. The van der Waals surface area contributed by atoms with Gasteiger partial charge in [0.15, 0.2) is 0 Å². The third kappa shape index (κ3) is 3.23. The van der Waals surface area contributed by atoms with Gasteiger partial charge in [-0.1, -0.05) is 24.3 Å². The van der Waals surface area contributed by atoms with Gasteiger partial charge in [-0.05, 0) is 18.1 Å². The molecule has 2 aromatic rings. The quantitative estimate of drug-likeness (QED) is 0.646. The van der Waals surface area contributed by atoms with Crippen LogP contribution in [0, 0.1) is 17.0 Å². The number of aromatic nitrogens is 1. The first-order valence-corrected chi connectivity index (χ1v) is 6.23. The fourth-order valence-corrected chi connectivity index (χ4v) is 1.83. The molecule has 0 aliphatic heterocycles. The Hall–Kier alpha value is -2.63. The summed E-state index contributed by atoms with van der Waals surface area (Å²) in [7, 11) is 1.68. The molecule has 20 heavy (non-hydrogen) atoms. The van der Waals surface area contributed by atoms with Crippen molar-refractivity contribution in [1.82, 2.24) is 4.98 Å². The van der Waals surface area contributed by atoms with Crippen LogP contribution in [-0.4, -0.2) is 17.0 Å². The van der Waals surface area contributed by atoms with E-state index in [2.05, 4.69) is 15.6 Å². The lowest BCUT2D eigenvalue weighted by Gasteiger charge is -2.09. The van der Waals surface area contributed by atoms with Crippen LogP contribution in [0.4, 0.5) is 17.3 Å². The maximum Gasteiger partial charge on any atom is 0.276 e. The summed E-state index contributed by atoms with van der Waals surface area (Å²) < 4.78 is 0. The van der Waals surface area contributed by atoms with Crippen LogP contribution in [0.25, 0.3) is 0 Å². The van der Waals surface area contributed by atoms with Crippen LogP contribution in [0.15, 0.2) is 36.4 Å². The lowest BCUT2D eigenvalue weighted by atomic mass is 10.1. The van der Waals surface area contributed by atoms with E-state index in [1.807, 2.05) is 31.2 Å². The largest absolute Gasteiger partial charge is 0.373 e. The molecule has 6 nitrogen and oxygen atoms in total. The van der Waals surface area contributed by atoms with Gasteiger partial charge in [0, 0.05) is 13.6 Å². The average molecular weight is 272 g/mol. The smallest absolute Gasteiger partial charge is 0.276 e. The summed E-state index contributed by atoms with van der Waals surface area (Å²) in [6.45, 7) is 2.60. The van der Waals surface area contributed by atoms with Gasteiger partial charge < -0.3 is 10.6 Å². The van der Waals surface area contributed by atoms with E-state index in [1.54, 1.807) is 7.05 Å². The van der Waals surface area contributed by atoms with Gasteiger partial charge in [-0.25, -0.2) is 4.98 Å². The van der Waals surface area contributed by atoms with Gasteiger partial charge in [0.2, 0.25) is 0 Å². The highest BCUT2D eigenvalue weighted by Gasteiger charge is 2.10. The number of hydrogen-bond donors (Lipinski definition) is 2. The predicted octanol–water partition coefficient (Wildman–Crippen LogP) is 2.95. The highest BCUT2D eigenvalue weighted by Crippen LogP contribution is 2.21. The number of rotatable bonds is 5. The summed E-state index contributed by atoms with van der Waals surface area (Å²) in [6.07, 6.45) is 0. The maximum atomic E-state index is 10.9. The van der Waals surface area contributed by atoms with Crippen LogP contribution in [0.2, 0.25) is 0 Å². The molecule has 2 rings (SSSR count). The number of nitrogens with one attached hydrogen (secondary N) is 2. The van der Waals surface area contributed by atoms with Crippen molar-refractivity contribution in [3.05, 3.63) is 57.6 Å². The van der Waals surface area contributed by atoms with Crippen molar-refractivity contribution in [3.63, 3.8) is 0 Å². The Labute approximate surface area is 117 Å². The van der Waals surface area contributed by atoms with E-state index in [9.17, 15) is 10.1 Å². The van der Waals surface area contributed by atoms with Crippen LogP contribution in [0.1, 0.15) is 11.1 Å². The summed E-state index contributed by atoms with van der Waals surface area (Å²) >= 11 is 0. The van der Waals surface area contributed by atoms with Gasteiger partial charge in [0.25, 0.3) is 5.69 Å². The highest BCUT2D eigenvalue weighted by atomic mass is 16.6. The highest BCUT2D eigenvalue weighted by molar-refractivity contribution is 5.54. The number of hydrogen-bond acceptors (Lipinski definition) is 5. The fourth-order valence-electron chi connectivity index (χ4n) is 1.83. The van der Waals surface area contributed by atoms with Crippen LogP contribution in [0.3, 0.4) is 0 Å². The first-order chi connectivity index (χ1) is 9.60. The van der Waals surface area contributed by atoms with E-state index in [4.69, 9.17) is 0 Å². The molecular formula is C14H16N4O2. The molecule has 1 aromatic heterocycles. The number of nitrogens with zero attached hydrogens (tertiary/aromatic N) is 2. The summed E-state index contributed by atoms with van der Waals surface area (Å²) in [5.41, 5.74) is 2.31. The number of pyridine rings is 1. The molecule has 2 N–H and O–H groups in total. The Morgan fingerprint density at radius 1 is 1.25 bits per heavy atom. The van der Waals surface area contributed by atoms with Crippen LogP contribution >= 0.6 is 0 Å². The molecule has 0 fully saturated rings. The number of anilines is 2. The molecule has 6 heteroatoms. The summed E-state index contributed by atoms with van der Waals surface area (Å²) in [4.78, 5) is 14.7. The van der Waals surface area contributed by atoms with Gasteiger partial charge >= 0.3 is 0 Å².